The molecule has 0 bridgehead atoms. The van der Waals surface area contributed by atoms with Crippen LogP contribution in [0.15, 0.2) is 11.6 Å². The second kappa shape index (κ2) is 13.1. The van der Waals surface area contributed by atoms with E-state index in [1.54, 1.807) is 6.92 Å². The highest BCUT2D eigenvalue weighted by Crippen LogP contribution is 2.10. The quantitative estimate of drug-likeness (QED) is 0.304. The Morgan fingerprint density at radius 3 is 2.45 bits per heavy atom. The molecule has 1 saturated heterocycles. The van der Waals surface area contributed by atoms with E-state index in [4.69, 9.17) is 19.3 Å². The summed E-state index contributed by atoms with van der Waals surface area (Å²) in [5, 5.41) is 8.57. The second-order valence-corrected chi connectivity index (χ2v) is 4.44. The van der Waals surface area contributed by atoms with Crippen LogP contribution >= 0.6 is 0 Å². The normalized spacial score (nSPS) is 17.2. The molecule has 0 aromatic carbocycles. The lowest BCUT2D eigenvalue weighted by Gasteiger charge is -2.02. The summed E-state index contributed by atoms with van der Waals surface area (Å²) < 4.78 is 14.8. The molecule has 1 aliphatic rings. The van der Waals surface area contributed by atoms with Crippen LogP contribution in [0.3, 0.4) is 0 Å². The van der Waals surface area contributed by atoms with Gasteiger partial charge in [0.2, 0.25) is 0 Å². The van der Waals surface area contributed by atoms with Gasteiger partial charge in [-0.25, -0.2) is 4.79 Å². The van der Waals surface area contributed by atoms with Gasteiger partial charge >= 0.3 is 5.97 Å². The largest absolute Gasteiger partial charge is 0.459 e. The zero-order valence-electron chi connectivity index (χ0n) is 12.9. The average molecular weight is 288 g/mol. The van der Waals surface area contributed by atoms with Crippen LogP contribution in [0, 0.1) is 0 Å². The van der Waals surface area contributed by atoms with E-state index in [2.05, 4.69) is 0 Å². The van der Waals surface area contributed by atoms with Gasteiger partial charge in [0.25, 0.3) is 0 Å². The Kier molecular flexibility index (Phi) is 12.5. The van der Waals surface area contributed by atoms with Gasteiger partial charge in [-0.3, -0.25) is 0 Å². The van der Waals surface area contributed by atoms with Crippen molar-refractivity contribution in [2.75, 3.05) is 33.0 Å². The third kappa shape index (κ3) is 12.1. The van der Waals surface area contributed by atoms with Gasteiger partial charge in [0, 0.05) is 25.4 Å². The van der Waals surface area contributed by atoms with E-state index in [9.17, 15) is 4.79 Å². The first-order valence-electron chi connectivity index (χ1n) is 7.29. The molecule has 0 aromatic rings. The van der Waals surface area contributed by atoms with Crippen molar-refractivity contribution in [2.45, 2.75) is 46.1 Å². The third-order valence-electron chi connectivity index (χ3n) is 2.60. The van der Waals surface area contributed by atoms with E-state index in [-0.39, 0.29) is 18.7 Å². The summed E-state index contributed by atoms with van der Waals surface area (Å²) >= 11 is 0. The van der Waals surface area contributed by atoms with Crippen molar-refractivity contribution >= 4 is 5.97 Å². The molecular weight excluding hydrogens is 260 g/mol. The SMILES string of the molecule is C/C(=C\CCCCO)C(=O)OCC1CO1.CCOCC. The van der Waals surface area contributed by atoms with Crippen LogP contribution in [-0.2, 0) is 19.0 Å². The summed E-state index contributed by atoms with van der Waals surface area (Å²) in [6.07, 6.45) is 4.45. The van der Waals surface area contributed by atoms with E-state index in [1.165, 1.54) is 0 Å². The maximum atomic E-state index is 11.3. The molecule has 5 nitrogen and oxygen atoms in total. The van der Waals surface area contributed by atoms with Gasteiger partial charge in [0.1, 0.15) is 12.7 Å². The number of carbonyl (C=O) groups excluding carboxylic acids is 1. The van der Waals surface area contributed by atoms with Crippen LogP contribution in [-0.4, -0.2) is 50.2 Å². The van der Waals surface area contributed by atoms with Crippen LogP contribution in [0.2, 0.25) is 0 Å². The topological polar surface area (TPSA) is 68.3 Å². The van der Waals surface area contributed by atoms with Crippen LogP contribution < -0.4 is 0 Å². The maximum absolute atomic E-state index is 11.3. The van der Waals surface area contributed by atoms with Gasteiger partial charge in [-0.1, -0.05) is 6.08 Å². The number of allylic oxidation sites excluding steroid dienone is 1. The van der Waals surface area contributed by atoms with Gasteiger partial charge < -0.3 is 19.3 Å². The number of epoxide rings is 1. The maximum Gasteiger partial charge on any atom is 0.333 e. The first kappa shape index (κ1) is 19.1. The summed E-state index contributed by atoms with van der Waals surface area (Å²) in [5.41, 5.74) is 0.633. The molecule has 5 heteroatoms. The van der Waals surface area contributed by atoms with E-state index in [0.717, 1.165) is 32.5 Å². The molecule has 0 amide bonds. The van der Waals surface area contributed by atoms with Gasteiger partial charge in [-0.05, 0) is 40.0 Å². The molecule has 1 unspecified atom stereocenters. The van der Waals surface area contributed by atoms with Crippen molar-refractivity contribution in [3.63, 3.8) is 0 Å². The summed E-state index contributed by atoms with van der Waals surface area (Å²) in [6, 6.07) is 0. The zero-order chi connectivity index (χ0) is 15.2. The molecular formula is C15H28O5. The van der Waals surface area contributed by atoms with Crippen LogP contribution in [0.4, 0.5) is 0 Å². The molecule has 1 aliphatic heterocycles. The smallest absolute Gasteiger partial charge is 0.333 e. The Labute approximate surface area is 121 Å². The molecule has 0 aromatic heterocycles. The molecule has 1 fully saturated rings. The van der Waals surface area contributed by atoms with Crippen molar-refractivity contribution in [1.82, 2.24) is 0 Å². The number of esters is 1. The zero-order valence-corrected chi connectivity index (χ0v) is 12.9. The fraction of sp³-hybridized carbons (Fsp3) is 0.800. The van der Waals surface area contributed by atoms with Gasteiger partial charge in [-0.15, -0.1) is 0 Å². The Balaban J connectivity index is 0.000000621. The molecule has 20 heavy (non-hydrogen) atoms. The van der Waals surface area contributed by atoms with Crippen LogP contribution in [0.25, 0.3) is 0 Å². The third-order valence-corrected chi connectivity index (χ3v) is 2.60. The van der Waals surface area contributed by atoms with Crippen LogP contribution in [0.1, 0.15) is 40.0 Å². The predicted molar refractivity (Wildman–Crippen MR) is 77.6 cm³/mol. The van der Waals surface area contributed by atoms with Gasteiger partial charge in [-0.2, -0.15) is 0 Å². The Morgan fingerprint density at radius 1 is 1.35 bits per heavy atom. The van der Waals surface area contributed by atoms with E-state index in [1.807, 2.05) is 19.9 Å². The summed E-state index contributed by atoms with van der Waals surface area (Å²) in [4.78, 5) is 11.3. The van der Waals surface area contributed by atoms with Gasteiger partial charge in [0.15, 0.2) is 0 Å². The monoisotopic (exact) mass is 288 g/mol. The van der Waals surface area contributed by atoms with Crippen molar-refractivity contribution < 1.29 is 24.1 Å². The number of carbonyl (C=O) groups is 1. The molecule has 1 N–H and O–H groups in total. The molecule has 1 rings (SSSR count). The molecule has 0 spiro atoms. The highest BCUT2D eigenvalue weighted by Gasteiger charge is 2.24. The Morgan fingerprint density at radius 2 is 2.00 bits per heavy atom. The average Bonchev–Trinajstić information content (AvgIpc) is 3.26. The minimum atomic E-state index is -0.269. The van der Waals surface area contributed by atoms with Crippen LogP contribution in [0.5, 0.6) is 0 Å². The standard InChI is InChI=1S/C11H18O4.C4H10O/c1-9(5-3-2-4-6-12)11(13)15-8-10-7-14-10;1-3-5-4-2/h5,10,12H,2-4,6-8H2,1H3;3-4H2,1-2H3/b9-5+;. The summed E-state index contributed by atoms with van der Waals surface area (Å²) in [6.45, 7) is 8.68. The minimum Gasteiger partial charge on any atom is -0.459 e. The number of unbranched alkanes of at least 4 members (excludes halogenated alkanes) is 2. The minimum absolute atomic E-state index is 0.121. The fourth-order valence-electron chi connectivity index (χ4n) is 1.31. The van der Waals surface area contributed by atoms with Crippen molar-refractivity contribution in [3.05, 3.63) is 11.6 Å². The molecule has 0 aliphatic carbocycles. The number of hydrogen-bond donors (Lipinski definition) is 1. The number of rotatable bonds is 9. The molecule has 0 radical (unpaired) electrons. The van der Waals surface area contributed by atoms with Gasteiger partial charge in [0.05, 0.1) is 6.61 Å². The lowest BCUT2D eigenvalue weighted by Crippen LogP contribution is -2.10. The molecule has 118 valence electrons. The summed E-state index contributed by atoms with van der Waals surface area (Å²) in [5.74, 6) is -0.269. The number of aliphatic hydroxyl groups is 1. The molecule has 0 saturated carbocycles. The fourth-order valence-corrected chi connectivity index (χ4v) is 1.31. The first-order chi connectivity index (χ1) is 9.65. The molecule has 1 heterocycles. The number of aliphatic hydroxyl groups excluding tert-OH is 1. The van der Waals surface area contributed by atoms with Crippen molar-refractivity contribution in [2.24, 2.45) is 0 Å². The van der Waals surface area contributed by atoms with E-state index in [0.29, 0.717) is 18.8 Å². The Bertz CT molecular complexity index is 269. The number of hydrogen-bond acceptors (Lipinski definition) is 5. The lowest BCUT2D eigenvalue weighted by atomic mass is 10.2. The van der Waals surface area contributed by atoms with Crippen molar-refractivity contribution in [3.8, 4) is 0 Å². The van der Waals surface area contributed by atoms with Crippen molar-refractivity contribution in [1.29, 1.82) is 0 Å². The lowest BCUT2D eigenvalue weighted by molar-refractivity contribution is -0.139. The molecule has 1 atom stereocenters. The first-order valence-corrected chi connectivity index (χ1v) is 7.29. The highest BCUT2D eigenvalue weighted by atomic mass is 16.6. The predicted octanol–water partition coefficient (Wildman–Crippen LogP) is 2.08. The van der Waals surface area contributed by atoms with E-state index < -0.39 is 0 Å². The van der Waals surface area contributed by atoms with E-state index >= 15 is 0 Å². The summed E-state index contributed by atoms with van der Waals surface area (Å²) in [7, 11) is 0. The highest BCUT2D eigenvalue weighted by molar-refractivity contribution is 5.87. The second-order valence-electron chi connectivity index (χ2n) is 4.44. The Hall–Kier alpha value is -0.910. The number of ether oxygens (including phenoxy) is 3.